The number of nitrogens with one attached hydrogen (secondary N) is 1. The first kappa shape index (κ1) is 19.4. The van der Waals surface area contributed by atoms with E-state index < -0.39 is 12.6 Å². The number of aliphatic carboxylic acids is 1. The number of amides is 2. The minimum Gasteiger partial charge on any atom is -0.482 e. The zero-order valence-corrected chi connectivity index (χ0v) is 15.6. The lowest BCUT2D eigenvalue weighted by Gasteiger charge is -2.25. The number of carbonyl (C=O) groups excluding carboxylic acids is 2. The van der Waals surface area contributed by atoms with Gasteiger partial charge in [0.05, 0.1) is 0 Å². The molecule has 3 rings (SSSR count). The van der Waals surface area contributed by atoms with Gasteiger partial charge in [-0.2, -0.15) is 0 Å². The van der Waals surface area contributed by atoms with E-state index in [4.69, 9.17) is 9.84 Å². The summed E-state index contributed by atoms with van der Waals surface area (Å²) in [5, 5.41) is 11.5. The number of rotatable bonds is 7. The molecule has 0 radical (unpaired) electrons. The van der Waals surface area contributed by atoms with Crippen LogP contribution in [0, 0.1) is 5.92 Å². The quantitative estimate of drug-likeness (QED) is 0.768. The monoisotopic (exact) mass is 382 g/mol. The fourth-order valence-electron chi connectivity index (χ4n) is 3.17. The van der Waals surface area contributed by atoms with E-state index in [1.807, 2.05) is 24.3 Å². The average Bonchev–Trinajstić information content (AvgIpc) is 2.70. The maximum atomic E-state index is 12.5. The first-order chi connectivity index (χ1) is 13.4. The van der Waals surface area contributed by atoms with Crippen LogP contribution >= 0.6 is 0 Å². The van der Waals surface area contributed by atoms with E-state index >= 15 is 0 Å². The fourth-order valence-corrected chi connectivity index (χ4v) is 3.17. The van der Waals surface area contributed by atoms with Gasteiger partial charge in [-0.1, -0.05) is 18.2 Å². The van der Waals surface area contributed by atoms with Gasteiger partial charge in [0.25, 0.3) is 0 Å². The molecule has 2 aromatic rings. The summed E-state index contributed by atoms with van der Waals surface area (Å²) in [7, 11) is 1.67. The lowest BCUT2D eigenvalue weighted by atomic mass is 9.89. The zero-order chi connectivity index (χ0) is 20.1. The van der Waals surface area contributed by atoms with E-state index in [2.05, 4.69) is 5.32 Å². The van der Waals surface area contributed by atoms with Crippen LogP contribution in [-0.4, -0.2) is 36.5 Å². The van der Waals surface area contributed by atoms with Crippen molar-refractivity contribution in [2.24, 2.45) is 5.92 Å². The second kappa shape index (κ2) is 8.56. The van der Waals surface area contributed by atoms with Gasteiger partial charge in [-0.25, -0.2) is 4.79 Å². The molecule has 0 spiro atoms. The predicted molar refractivity (Wildman–Crippen MR) is 104 cm³/mol. The van der Waals surface area contributed by atoms with Crippen LogP contribution in [0.2, 0.25) is 0 Å². The number of benzene rings is 2. The molecule has 2 aromatic carbocycles. The number of fused-ring (bicyclic) bond motifs is 1. The third-order valence-corrected chi connectivity index (χ3v) is 4.78. The second-order valence-corrected chi connectivity index (χ2v) is 6.72. The summed E-state index contributed by atoms with van der Waals surface area (Å²) in [6.07, 6.45) is 1.37. The van der Waals surface area contributed by atoms with Crippen molar-refractivity contribution in [2.45, 2.75) is 19.3 Å². The van der Waals surface area contributed by atoms with Crippen LogP contribution in [0.15, 0.2) is 48.5 Å². The second-order valence-electron chi connectivity index (χ2n) is 6.72. The molecule has 0 saturated heterocycles. The Morgan fingerprint density at radius 3 is 2.61 bits per heavy atom. The molecule has 1 atom stereocenters. The molecule has 0 bridgehead atoms. The number of hydrogen-bond donors (Lipinski definition) is 2. The highest BCUT2D eigenvalue weighted by Crippen LogP contribution is 2.28. The van der Waals surface area contributed by atoms with Crippen LogP contribution in [-0.2, 0) is 20.8 Å². The highest BCUT2D eigenvalue weighted by molar-refractivity contribution is 5.97. The SMILES string of the molecule is CN(C(=O)CCC1Cc2ccccc2NC1=O)c1ccc(OCC(=O)O)cc1. The molecule has 1 aliphatic rings. The number of hydrogen-bond acceptors (Lipinski definition) is 4. The molecule has 1 heterocycles. The number of para-hydroxylation sites is 1. The number of carboxylic acid groups (broad SMARTS) is 1. The molecular formula is C21H22N2O5. The van der Waals surface area contributed by atoms with Crippen LogP contribution in [0.25, 0.3) is 0 Å². The van der Waals surface area contributed by atoms with E-state index in [1.165, 1.54) is 4.90 Å². The van der Waals surface area contributed by atoms with Crippen LogP contribution in [0.3, 0.4) is 0 Å². The lowest BCUT2D eigenvalue weighted by Crippen LogP contribution is -2.32. The van der Waals surface area contributed by atoms with Crippen molar-refractivity contribution in [3.63, 3.8) is 0 Å². The van der Waals surface area contributed by atoms with Crippen molar-refractivity contribution in [3.8, 4) is 5.75 Å². The first-order valence-corrected chi connectivity index (χ1v) is 9.04. The van der Waals surface area contributed by atoms with Gasteiger partial charge in [-0.15, -0.1) is 0 Å². The van der Waals surface area contributed by atoms with Crippen molar-refractivity contribution in [1.82, 2.24) is 0 Å². The number of nitrogens with zero attached hydrogens (tertiary/aromatic N) is 1. The predicted octanol–water partition coefficient (Wildman–Crippen LogP) is 2.70. The smallest absolute Gasteiger partial charge is 0.341 e. The van der Waals surface area contributed by atoms with Gasteiger partial charge < -0.3 is 20.1 Å². The van der Waals surface area contributed by atoms with Gasteiger partial charge in [-0.05, 0) is 48.7 Å². The molecule has 2 amide bonds. The number of ether oxygens (including phenoxy) is 1. The Hall–Kier alpha value is -3.35. The Bertz CT molecular complexity index is 879. The highest BCUT2D eigenvalue weighted by Gasteiger charge is 2.26. The van der Waals surface area contributed by atoms with Gasteiger partial charge >= 0.3 is 5.97 Å². The molecule has 2 N–H and O–H groups in total. The molecule has 7 nitrogen and oxygen atoms in total. The lowest BCUT2D eigenvalue weighted by molar-refractivity contribution is -0.139. The molecular weight excluding hydrogens is 360 g/mol. The number of anilines is 2. The van der Waals surface area contributed by atoms with Crippen molar-refractivity contribution < 1.29 is 24.2 Å². The summed E-state index contributed by atoms with van der Waals surface area (Å²) in [5.74, 6) is -0.991. The third-order valence-electron chi connectivity index (χ3n) is 4.78. The summed E-state index contributed by atoms with van der Waals surface area (Å²) in [4.78, 5) is 36.8. The molecule has 1 unspecified atom stereocenters. The van der Waals surface area contributed by atoms with Gasteiger partial charge in [0.2, 0.25) is 11.8 Å². The Balaban J connectivity index is 1.54. The Labute approximate surface area is 162 Å². The van der Waals surface area contributed by atoms with Gasteiger partial charge in [0.1, 0.15) is 5.75 Å². The van der Waals surface area contributed by atoms with Crippen molar-refractivity contribution >= 4 is 29.2 Å². The fraction of sp³-hybridized carbons (Fsp3) is 0.286. The maximum Gasteiger partial charge on any atom is 0.341 e. The molecule has 146 valence electrons. The highest BCUT2D eigenvalue weighted by atomic mass is 16.5. The summed E-state index contributed by atoms with van der Waals surface area (Å²) in [6, 6.07) is 14.3. The van der Waals surface area contributed by atoms with E-state index in [0.29, 0.717) is 24.3 Å². The molecule has 0 fully saturated rings. The van der Waals surface area contributed by atoms with Gasteiger partial charge in [-0.3, -0.25) is 9.59 Å². The maximum absolute atomic E-state index is 12.5. The summed E-state index contributed by atoms with van der Waals surface area (Å²) in [5.41, 5.74) is 2.60. The van der Waals surface area contributed by atoms with Crippen LogP contribution in [0.4, 0.5) is 11.4 Å². The van der Waals surface area contributed by atoms with Gasteiger partial charge in [0, 0.05) is 30.8 Å². The first-order valence-electron chi connectivity index (χ1n) is 9.04. The molecule has 0 saturated carbocycles. The normalized spacial score (nSPS) is 15.3. The van der Waals surface area contributed by atoms with Gasteiger partial charge in [0.15, 0.2) is 6.61 Å². The Kier molecular flexibility index (Phi) is 5.93. The van der Waals surface area contributed by atoms with Crippen LogP contribution in [0.1, 0.15) is 18.4 Å². The Morgan fingerprint density at radius 2 is 1.89 bits per heavy atom. The number of carbonyl (C=O) groups is 3. The molecule has 28 heavy (non-hydrogen) atoms. The van der Waals surface area contributed by atoms with Crippen molar-refractivity contribution in [3.05, 3.63) is 54.1 Å². The number of carboxylic acids is 1. The Morgan fingerprint density at radius 1 is 1.18 bits per heavy atom. The minimum absolute atomic E-state index is 0.0471. The average molecular weight is 382 g/mol. The molecule has 0 aliphatic carbocycles. The summed E-state index contributed by atoms with van der Waals surface area (Å²) >= 11 is 0. The molecule has 1 aliphatic heterocycles. The summed E-state index contributed by atoms with van der Waals surface area (Å²) in [6.45, 7) is -0.416. The van der Waals surface area contributed by atoms with E-state index in [9.17, 15) is 14.4 Å². The van der Waals surface area contributed by atoms with Crippen LogP contribution < -0.4 is 15.0 Å². The standard InChI is InChI=1S/C21H22N2O5/c1-23(16-7-9-17(10-8-16)28-13-20(25)26)19(24)11-6-15-12-14-4-2-3-5-18(14)22-21(15)27/h2-5,7-10,15H,6,11-13H2,1H3,(H,22,27)(H,25,26). The van der Waals surface area contributed by atoms with E-state index in [1.54, 1.807) is 31.3 Å². The zero-order valence-electron chi connectivity index (χ0n) is 15.6. The van der Waals surface area contributed by atoms with E-state index in [-0.39, 0.29) is 24.2 Å². The van der Waals surface area contributed by atoms with Crippen molar-refractivity contribution in [1.29, 1.82) is 0 Å². The third kappa shape index (κ3) is 4.68. The minimum atomic E-state index is -1.05. The van der Waals surface area contributed by atoms with E-state index in [0.717, 1.165) is 11.3 Å². The molecule has 7 heteroatoms. The topological polar surface area (TPSA) is 95.9 Å². The molecule has 0 aromatic heterocycles. The largest absolute Gasteiger partial charge is 0.482 e. The van der Waals surface area contributed by atoms with Crippen LogP contribution in [0.5, 0.6) is 5.75 Å². The summed E-state index contributed by atoms with van der Waals surface area (Å²) < 4.78 is 5.08. The van der Waals surface area contributed by atoms with Crippen molar-refractivity contribution in [2.75, 3.05) is 23.9 Å².